The van der Waals surface area contributed by atoms with E-state index in [0.29, 0.717) is 17.8 Å². The standard InChI is InChI=1S/C22H21FN2O4/c1-15(21(26)25-13-16-8-10-17(23)11-9-16)29-22(27)19-6-2-3-7-20(19)24-14-18-5-4-12-28-18/h2-12,15,24H,13-14H2,1H3,(H,25,26)/t15-/m0/s1. The van der Waals surface area contributed by atoms with Gasteiger partial charge in [-0.2, -0.15) is 0 Å². The van der Waals surface area contributed by atoms with Crippen molar-refractivity contribution < 1.29 is 23.1 Å². The number of benzene rings is 2. The minimum Gasteiger partial charge on any atom is -0.467 e. The Bertz CT molecular complexity index is 955. The Morgan fingerprint density at radius 1 is 1.03 bits per heavy atom. The van der Waals surface area contributed by atoms with Gasteiger partial charge in [-0.1, -0.05) is 24.3 Å². The first-order valence-electron chi connectivity index (χ1n) is 9.11. The largest absolute Gasteiger partial charge is 0.467 e. The van der Waals surface area contributed by atoms with Crippen LogP contribution in [-0.4, -0.2) is 18.0 Å². The summed E-state index contributed by atoms with van der Waals surface area (Å²) in [6, 6.07) is 16.3. The van der Waals surface area contributed by atoms with Crippen LogP contribution in [0.25, 0.3) is 0 Å². The highest BCUT2D eigenvalue weighted by molar-refractivity contribution is 5.97. The van der Waals surface area contributed by atoms with Crippen LogP contribution in [0.3, 0.4) is 0 Å². The highest BCUT2D eigenvalue weighted by Crippen LogP contribution is 2.18. The zero-order valence-corrected chi connectivity index (χ0v) is 15.9. The molecule has 29 heavy (non-hydrogen) atoms. The van der Waals surface area contributed by atoms with Crippen LogP contribution < -0.4 is 10.6 Å². The molecule has 1 aromatic heterocycles. The van der Waals surface area contributed by atoms with Gasteiger partial charge in [0, 0.05) is 12.2 Å². The molecule has 3 rings (SSSR count). The molecule has 1 atom stereocenters. The van der Waals surface area contributed by atoms with E-state index < -0.39 is 18.0 Å². The molecule has 0 spiro atoms. The van der Waals surface area contributed by atoms with Gasteiger partial charge in [0.15, 0.2) is 6.10 Å². The molecule has 0 saturated heterocycles. The minimum absolute atomic E-state index is 0.211. The van der Waals surface area contributed by atoms with E-state index in [2.05, 4.69) is 10.6 Å². The van der Waals surface area contributed by atoms with E-state index in [1.807, 2.05) is 6.07 Å². The lowest BCUT2D eigenvalue weighted by molar-refractivity contribution is -0.129. The number of para-hydroxylation sites is 1. The molecule has 1 amide bonds. The normalized spacial score (nSPS) is 11.5. The molecule has 0 unspecified atom stereocenters. The van der Waals surface area contributed by atoms with Crippen molar-refractivity contribution >= 4 is 17.6 Å². The molecule has 2 aromatic carbocycles. The molecule has 0 aliphatic heterocycles. The van der Waals surface area contributed by atoms with E-state index in [1.165, 1.54) is 19.1 Å². The zero-order chi connectivity index (χ0) is 20.6. The summed E-state index contributed by atoms with van der Waals surface area (Å²) in [4.78, 5) is 24.8. The van der Waals surface area contributed by atoms with Crippen LogP contribution in [0.15, 0.2) is 71.3 Å². The maximum Gasteiger partial charge on any atom is 0.341 e. The van der Waals surface area contributed by atoms with Crippen molar-refractivity contribution in [2.45, 2.75) is 26.1 Å². The Balaban J connectivity index is 1.56. The number of furan rings is 1. The van der Waals surface area contributed by atoms with E-state index in [9.17, 15) is 14.0 Å². The number of amides is 1. The van der Waals surface area contributed by atoms with Crippen LogP contribution in [0.5, 0.6) is 0 Å². The van der Waals surface area contributed by atoms with Gasteiger partial charge < -0.3 is 19.8 Å². The number of carbonyl (C=O) groups excluding carboxylic acids is 2. The Hall–Kier alpha value is -3.61. The molecular weight excluding hydrogens is 375 g/mol. The number of nitrogens with one attached hydrogen (secondary N) is 2. The van der Waals surface area contributed by atoms with Gasteiger partial charge >= 0.3 is 5.97 Å². The zero-order valence-electron chi connectivity index (χ0n) is 15.9. The second kappa shape index (κ2) is 9.54. The Kier molecular flexibility index (Phi) is 6.63. The van der Waals surface area contributed by atoms with Crippen LogP contribution in [0.4, 0.5) is 10.1 Å². The Labute approximate surface area is 167 Å². The number of hydrogen-bond acceptors (Lipinski definition) is 5. The third-order valence-corrected chi connectivity index (χ3v) is 4.21. The highest BCUT2D eigenvalue weighted by atomic mass is 19.1. The van der Waals surface area contributed by atoms with E-state index in [4.69, 9.17) is 9.15 Å². The van der Waals surface area contributed by atoms with Crippen molar-refractivity contribution in [3.63, 3.8) is 0 Å². The maximum absolute atomic E-state index is 12.9. The Morgan fingerprint density at radius 3 is 2.52 bits per heavy atom. The summed E-state index contributed by atoms with van der Waals surface area (Å²) in [6.07, 6.45) is 0.588. The van der Waals surface area contributed by atoms with Gasteiger partial charge in [-0.15, -0.1) is 0 Å². The average molecular weight is 396 g/mol. The number of ether oxygens (including phenoxy) is 1. The predicted molar refractivity (Wildman–Crippen MR) is 106 cm³/mol. The average Bonchev–Trinajstić information content (AvgIpc) is 3.25. The van der Waals surface area contributed by atoms with Crippen LogP contribution >= 0.6 is 0 Å². The summed E-state index contributed by atoms with van der Waals surface area (Å²) >= 11 is 0. The molecule has 6 nitrogen and oxygen atoms in total. The maximum atomic E-state index is 12.9. The predicted octanol–water partition coefficient (Wildman–Crippen LogP) is 3.89. The molecule has 7 heteroatoms. The number of esters is 1. The highest BCUT2D eigenvalue weighted by Gasteiger charge is 2.20. The number of halogens is 1. The van der Waals surface area contributed by atoms with Crippen LogP contribution in [0.2, 0.25) is 0 Å². The van der Waals surface area contributed by atoms with Crippen molar-refractivity contribution in [1.29, 1.82) is 0 Å². The monoisotopic (exact) mass is 396 g/mol. The molecule has 0 bridgehead atoms. The van der Waals surface area contributed by atoms with Gasteiger partial charge in [0.05, 0.1) is 18.4 Å². The summed E-state index contributed by atoms with van der Waals surface area (Å²) in [5.74, 6) is -0.677. The second-order valence-corrected chi connectivity index (χ2v) is 6.37. The molecule has 0 aliphatic carbocycles. The first kappa shape index (κ1) is 20.1. The van der Waals surface area contributed by atoms with Crippen molar-refractivity contribution in [1.82, 2.24) is 5.32 Å². The third kappa shape index (κ3) is 5.68. The topological polar surface area (TPSA) is 80.6 Å². The molecule has 1 heterocycles. The summed E-state index contributed by atoms with van der Waals surface area (Å²) in [5, 5.41) is 5.79. The van der Waals surface area contributed by atoms with Crippen molar-refractivity contribution in [2.75, 3.05) is 5.32 Å². The fourth-order valence-electron chi connectivity index (χ4n) is 2.62. The molecular formula is C22H21FN2O4. The van der Waals surface area contributed by atoms with Gasteiger partial charge in [-0.05, 0) is 48.9 Å². The van der Waals surface area contributed by atoms with Crippen molar-refractivity contribution in [3.05, 3.63) is 89.6 Å². The molecule has 0 radical (unpaired) electrons. The lowest BCUT2D eigenvalue weighted by Crippen LogP contribution is -2.35. The summed E-state index contributed by atoms with van der Waals surface area (Å²) in [6.45, 7) is 2.12. The molecule has 0 aliphatic rings. The SMILES string of the molecule is C[C@H](OC(=O)c1ccccc1NCc1ccco1)C(=O)NCc1ccc(F)cc1. The minimum atomic E-state index is -0.985. The molecule has 0 fully saturated rings. The second-order valence-electron chi connectivity index (χ2n) is 6.37. The summed E-state index contributed by atoms with van der Waals surface area (Å²) in [5.41, 5.74) is 1.64. The van der Waals surface area contributed by atoms with Crippen molar-refractivity contribution in [2.24, 2.45) is 0 Å². The lowest BCUT2D eigenvalue weighted by atomic mass is 10.1. The summed E-state index contributed by atoms with van der Waals surface area (Å²) in [7, 11) is 0. The van der Waals surface area contributed by atoms with E-state index in [-0.39, 0.29) is 12.4 Å². The number of anilines is 1. The van der Waals surface area contributed by atoms with E-state index in [0.717, 1.165) is 11.3 Å². The first-order valence-corrected chi connectivity index (χ1v) is 9.11. The van der Waals surface area contributed by atoms with E-state index in [1.54, 1.807) is 48.7 Å². The first-order chi connectivity index (χ1) is 14.0. The van der Waals surface area contributed by atoms with E-state index >= 15 is 0 Å². The van der Waals surface area contributed by atoms with Crippen LogP contribution in [0.1, 0.15) is 28.6 Å². The van der Waals surface area contributed by atoms with Gasteiger partial charge in [0.25, 0.3) is 5.91 Å². The fraction of sp³-hybridized carbons (Fsp3) is 0.182. The number of carbonyl (C=O) groups is 2. The molecule has 3 aromatic rings. The Morgan fingerprint density at radius 2 is 1.79 bits per heavy atom. The van der Waals surface area contributed by atoms with Gasteiger partial charge in [0.1, 0.15) is 11.6 Å². The van der Waals surface area contributed by atoms with Crippen LogP contribution in [0, 0.1) is 5.82 Å². The van der Waals surface area contributed by atoms with Gasteiger partial charge in [-0.3, -0.25) is 4.79 Å². The molecule has 0 saturated carbocycles. The van der Waals surface area contributed by atoms with Gasteiger partial charge in [-0.25, -0.2) is 9.18 Å². The summed E-state index contributed by atoms with van der Waals surface area (Å²) < 4.78 is 23.5. The molecule has 2 N–H and O–H groups in total. The van der Waals surface area contributed by atoms with Crippen molar-refractivity contribution in [3.8, 4) is 0 Å². The third-order valence-electron chi connectivity index (χ3n) is 4.21. The smallest absolute Gasteiger partial charge is 0.341 e. The lowest BCUT2D eigenvalue weighted by Gasteiger charge is -2.15. The van der Waals surface area contributed by atoms with Crippen LogP contribution in [-0.2, 0) is 22.6 Å². The fourth-order valence-corrected chi connectivity index (χ4v) is 2.62. The van der Waals surface area contributed by atoms with Gasteiger partial charge in [0.2, 0.25) is 0 Å². The number of hydrogen-bond donors (Lipinski definition) is 2. The quantitative estimate of drug-likeness (QED) is 0.565. The number of rotatable bonds is 8. The molecule has 150 valence electrons.